The van der Waals surface area contributed by atoms with E-state index in [0.717, 1.165) is 41.3 Å². The number of rotatable bonds is 5. The zero-order valence-electron chi connectivity index (χ0n) is 17.3. The molecule has 1 heterocycles. The van der Waals surface area contributed by atoms with Crippen molar-refractivity contribution in [1.82, 2.24) is 9.80 Å². The Labute approximate surface area is 195 Å². The zero-order valence-corrected chi connectivity index (χ0v) is 19.7. The second-order valence-corrected chi connectivity index (χ2v) is 9.22. The number of ether oxygens (including phenoxy) is 1. The van der Waals surface area contributed by atoms with Crippen LogP contribution in [-0.4, -0.2) is 33.9 Å². The summed E-state index contributed by atoms with van der Waals surface area (Å²) < 4.78 is 20.3. The first-order valence-electron chi connectivity index (χ1n) is 10.4. The van der Waals surface area contributed by atoms with Crippen molar-refractivity contribution in [2.75, 3.05) is 7.05 Å². The summed E-state index contributed by atoms with van der Waals surface area (Å²) in [6, 6.07) is 12.1. The van der Waals surface area contributed by atoms with Gasteiger partial charge in [-0.1, -0.05) is 47.3 Å². The SMILES string of the molecule is CN1C(=S)N(C2CCCCC2)C(=O)/C1=C/c1cc(Br)ccc1OCc1cccc(F)c1. The lowest BCUT2D eigenvalue weighted by Gasteiger charge is -2.30. The molecule has 0 N–H and O–H groups in total. The third kappa shape index (κ3) is 4.83. The van der Waals surface area contributed by atoms with Gasteiger partial charge in [0.2, 0.25) is 0 Å². The molecule has 162 valence electrons. The van der Waals surface area contributed by atoms with Gasteiger partial charge in [-0.25, -0.2) is 4.39 Å². The second kappa shape index (κ2) is 9.49. The van der Waals surface area contributed by atoms with Crippen molar-refractivity contribution < 1.29 is 13.9 Å². The highest BCUT2D eigenvalue weighted by Crippen LogP contribution is 2.33. The van der Waals surface area contributed by atoms with Crippen LogP contribution >= 0.6 is 28.1 Å². The van der Waals surface area contributed by atoms with Crippen LogP contribution in [-0.2, 0) is 11.4 Å². The van der Waals surface area contributed by atoms with Crippen molar-refractivity contribution in [2.45, 2.75) is 44.8 Å². The van der Waals surface area contributed by atoms with Gasteiger partial charge in [-0.2, -0.15) is 0 Å². The smallest absolute Gasteiger partial charge is 0.277 e. The van der Waals surface area contributed by atoms with Crippen molar-refractivity contribution in [2.24, 2.45) is 0 Å². The molecule has 31 heavy (non-hydrogen) atoms. The number of carbonyl (C=O) groups excluding carboxylic acids is 1. The van der Waals surface area contributed by atoms with Crippen molar-refractivity contribution in [3.05, 3.63) is 69.6 Å². The quantitative estimate of drug-likeness (QED) is 0.376. The number of likely N-dealkylation sites (N-methyl/N-ethyl adjacent to an activating group) is 1. The van der Waals surface area contributed by atoms with Gasteiger partial charge in [0.05, 0.1) is 0 Å². The Morgan fingerprint density at radius 2 is 1.97 bits per heavy atom. The summed E-state index contributed by atoms with van der Waals surface area (Å²) in [6.07, 6.45) is 7.28. The Morgan fingerprint density at radius 3 is 2.71 bits per heavy atom. The highest BCUT2D eigenvalue weighted by molar-refractivity contribution is 9.10. The lowest BCUT2D eigenvalue weighted by molar-refractivity contribution is -0.124. The van der Waals surface area contributed by atoms with E-state index in [0.29, 0.717) is 16.6 Å². The maximum Gasteiger partial charge on any atom is 0.277 e. The molecule has 2 aliphatic rings. The average Bonchev–Trinajstić information content (AvgIpc) is 2.97. The van der Waals surface area contributed by atoms with Crippen LogP contribution in [0.4, 0.5) is 4.39 Å². The number of amides is 1. The molecule has 1 aliphatic carbocycles. The molecule has 0 spiro atoms. The molecule has 0 radical (unpaired) electrons. The molecule has 7 heteroatoms. The van der Waals surface area contributed by atoms with E-state index in [-0.39, 0.29) is 24.4 Å². The molecule has 4 nitrogen and oxygen atoms in total. The molecule has 1 amide bonds. The van der Waals surface area contributed by atoms with Crippen LogP contribution < -0.4 is 4.74 Å². The van der Waals surface area contributed by atoms with Crippen LogP contribution in [0.3, 0.4) is 0 Å². The molecule has 1 saturated carbocycles. The number of hydrogen-bond donors (Lipinski definition) is 0. The van der Waals surface area contributed by atoms with E-state index >= 15 is 0 Å². The van der Waals surface area contributed by atoms with Crippen LogP contribution in [0.2, 0.25) is 0 Å². The van der Waals surface area contributed by atoms with E-state index in [1.165, 1.54) is 18.6 Å². The van der Waals surface area contributed by atoms with Crippen molar-refractivity contribution in [3.63, 3.8) is 0 Å². The first-order valence-corrected chi connectivity index (χ1v) is 11.6. The Bertz CT molecular complexity index is 1040. The maximum atomic E-state index is 13.5. The Balaban J connectivity index is 1.60. The van der Waals surface area contributed by atoms with Crippen LogP contribution in [0.5, 0.6) is 5.75 Å². The summed E-state index contributed by atoms with van der Waals surface area (Å²) in [7, 11) is 1.83. The van der Waals surface area contributed by atoms with E-state index in [9.17, 15) is 9.18 Å². The summed E-state index contributed by atoms with van der Waals surface area (Å²) in [4.78, 5) is 16.8. The summed E-state index contributed by atoms with van der Waals surface area (Å²) in [5, 5.41) is 0.556. The molecule has 0 aromatic heterocycles. The van der Waals surface area contributed by atoms with Gasteiger partial charge in [-0.05, 0) is 67.0 Å². The summed E-state index contributed by atoms with van der Waals surface area (Å²) in [6.45, 7) is 0.228. The average molecular weight is 503 g/mol. The summed E-state index contributed by atoms with van der Waals surface area (Å²) in [5.41, 5.74) is 2.03. The fourth-order valence-corrected chi connectivity index (χ4v) is 4.85. The third-order valence-electron chi connectivity index (χ3n) is 5.78. The monoisotopic (exact) mass is 502 g/mol. The van der Waals surface area contributed by atoms with E-state index < -0.39 is 0 Å². The normalized spacial score (nSPS) is 18.9. The van der Waals surface area contributed by atoms with Gasteiger partial charge in [0.15, 0.2) is 5.11 Å². The lowest BCUT2D eigenvalue weighted by Crippen LogP contribution is -2.41. The second-order valence-electron chi connectivity index (χ2n) is 7.94. The lowest BCUT2D eigenvalue weighted by atomic mass is 9.94. The molecule has 0 unspecified atom stereocenters. The van der Waals surface area contributed by atoms with Gasteiger partial charge in [0.1, 0.15) is 23.9 Å². The van der Waals surface area contributed by atoms with Crippen molar-refractivity contribution in [1.29, 1.82) is 0 Å². The van der Waals surface area contributed by atoms with Gasteiger partial charge in [-0.3, -0.25) is 9.69 Å². The molecule has 0 atom stereocenters. The van der Waals surface area contributed by atoms with Crippen molar-refractivity contribution in [3.8, 4) is 5.75 Å². The van der Waals surface area contributed by atoms with Gasteiger partial charge in [-0.15, -0.1) is 0 Å². The predicted molar refractivity (Wildman–Crippen MR) is 127 cm³/mol. The first kappa shape index (κ1) is 22.0. The van der Waals surface area contributed by atoms with E-state index in [2.05, 4.69) is 15.9 Å². The topological polar surface area (TPSA) is 32.8 Å². The Morgan fingerprint density at radius 1 is 1.19 bits per heavy atom. The summed E-state index contributed by atoms with van der Waals surface area (Å²) >= 11 is 9.11. The third-order valence-corrected chi connectivity index (χ3v) is 6.74. The molecular formula is C24H24BrFN2O2S. The highest BCUT2D eigenvalue weighted by Gasteiger charge is 2.40. The van der Waals surface area contributed by atoms with E-state index in [4.69, 9.17) is 17.0 Å². The van der Waals surface area contributed by atoms with Gasteiger partial charge < -0.3 is 9.64 Å². The fourth-order valence-electron chi connectivity index (χ4n) is 4.14. The van der Waals surface area contributed by atoms with Crippen molar-refractivity contribution >= 4 is 45.2 Å². The zero-order chi connectivity index (χ0) is 22.0. The molecule has 4 rings (SSSR count). The van der Waals surface area contributed by atoms with Gasteiger partial charge in [0, 0.05) is 23.1 Å². The molecule has 1 aliphatic heterocycles. The first-order chi connectivity index (χ1) is 14.9. The summed E-state index contributed by atoms with van der Waals surface area (Å²) in [5.74, 6) is 0.257. The van der Waals surface area contributed by atoms with Crippen LogP contribution in [0.15, 0.2) is 52.6 Å². The van der Waals surface area contributed by atoms with E-state index in [1.54, 1.807) is 15.9 Å². The molecule has 1 saturated heterocycles. The minimum atomic E-state index is -0.297. The minimum absolute atomic E-state index is 0.0598. The number of benzene rings is 2. The maximum absolute atomic E-state index is 13.5. The number of nitrogens with zero attached hydrogens (tertiary/aromatic N) is 2. The largest absolute Gasteiger partial charge is 0.488 e. The predicted octanol–water partition coefficient (Wildman–Crippen LogP) is 5.90. The minimum Gasteiger partial charge on any atom is -0.488 e. The van der Waals surface area contributed by atoms with Gasteiger partial charge >= 0.3 is 0 Å². The fraction of sp³-hybridized carbons (Fsp3) is 0.333. The van der Waals surface area contributed by atoms with Crippen LogP contribution in [0, 0.1) is 5.82 Å². The molecule has 2 aromatic carbocycles. The van der Waals surface area contributed by atoms with E-state index in [1.807, 2.05) is 37.4 Å². The number of carbonyl (C=O) groups is 1. The Kier molecular flexibility index (Phi) is 6.72. The molecule has 0 bridgehead atoms. The number of hydrogen-bond acceptors (Lipinski definition) is 3. The van der Waals surface area contributed by atoms with Crippen LogP contribution in [0.1, 0.15) is 43.2 Å². The standard InChI is InChI=1S/C24H24BrFN2O2S/c1-27-21(23(29)28(24(27)31)20-8-3-2-4-9-20)14-17-13-18(25)10-11-22(17)30-15-16-6-5-7-19(26)12-16/h5-7,10-14,20H,2-4,8-9,15H2,1H3/b21-14-. The Hall–Kier alpha value is -2.25. The molecule has 2 aromatic rings. The van der Waals surface area contributed by atoms with Crippen LogP contribution in [0.25, 0.3) is 6.08 Å². The highest BCUT2D eigenvalue weighted by atomic mass is 79.9. The molecule has 2 fully saturated rings. The number of halogens is 2. The number of thiocarbonyl (C=S) groups is 1. The molecular weight excluding hydrogens is 479 g/mol. The van der Waals surface area contributed by atoms with Gasteiger partial charge in [0.25, 0.3) is 5.91 Å².